The van der Waals surface area contributed by atoms with E-state index >= 15 is 0 Å². The van der Waals surface area contributed by atoms with Crippen LogP contribution in [0.3, 0.4) is 0 Å². The Hall–Kier alpha value is -1.99. The van der Waals surface area contributed by atoms with Gasteiger partial charge in [-0.1, -0.05) is 0 Å². The number of amides is 2. The van der Waals surface area contributed by atoms with Gasteiger partial charge >= 0.3 is 6.09 Å². The van der Waals surface area contributed by atoms with E-state index < -0.39 is 5.60 Å². The minimum absolute atomic E-state index is 0.0370. The Labute approximate surface area is 162 Å². The molecule has 2 aliphatic rings. The van der Waals surface area contributed by atoms with Gasteiger partial charge in [0.1, 0.15) is 5.60 Å². The van der Waals surface area contributed by atoms with Crippen LogP contribution in [0.25, 0.3) is 0 Å². The molecule has 27 heavy (non-hydrogen) atoms. The molecule has 2 heterocycles. The third-order valence-electron chi connectivity index (χ3n) is 4.59. The van der Waals surface area contributed by atoms with Gasteiger partial charge in [0.2, 0.25) is 5.91 Å². The van der Waals surface area contributed by atoms with Gasteiger partial charge in [0, 0.05) is 39.1 Å². The lowest BCUT2D eigenvalue weighted by molar-refractivity contribution is -0.129. The first-order valence-electron chi connectivity index (χ1n) is 10.1. The number of likely N-dealkylation sites (tertiary alicyclic amines) is 2. The molecule has 0 radical (unpaired) electrons. The summed E-state index contributed by atoms with van der Waals surface area (Å²) in [6, 6.07) is 0.0370. The first kappa shape index (κ1) is 21.3. The smallest absolute Gasteiger partial charge is 0.407 e. The molecule has 1 atom stereocenters. The molecule has 2 fully saturated rings. The standard InChI is InChI=1S/C19H35N5O3/c1-5-20-17(21-10-8-16(25)23-11-6-7-12-23)24-13-9-15(14-24)22-18(26)27-19(2,3)4/h15H,5-14H2,1-4H3,(H,20,21)(H,22,26). The van der Waals surface area contributed by atoms with E-state index in [9.17, 15) is 9.59 Å². The molecule has 0 aromatic rings. The topological polar surface area (TPSA) is 86.3 Å². The molecule has 2 aliphatic heterocycles. The van der Waals surface area contributed by atoms with Gasteiger partial charge < -0.3 is 25.2 Å². The van der Waals surface area contributed by atoms with Gasteiger partial charge in [-0.2, -0.15) is 0 Å². The van der Waals surface area contributed by atoms with E-state index in [-0.39, 0.29) is 18.0 Å². The van der Waals surface area contributed by atoms with E-state index in [1.807, 2.05) is 32.6 Å². The minimum Gasteiger partial charge on any atom is -0.444 e. The molecule has 154 valence electrons. The number of aliphatic imine (C=N–C) groups is 1. The van der Waals surface area contributed by atoms with Crippen LogP contribution in [0.15, 0.2) is 4.99 Å². The quantitative estimate of drug-likeness (QED) is 0.558. The fourth-order valence-electron chi connectivity index (χ4n) is 3.35. The summed E-state index contributed by atoms with van der Waals surface area (Å²) in [5.74, 6) is 0.998. The number of guanidine groups is 1. The van der Waals surface area contributed by atoms with Crippen molar-refractivity contribution in [2.24, 2.45) is 4.99 Å². The Bertz CT molecular complexity index is 538. The van der Waals surface area contributed by atoms with Gasteiger partial charge in [0.25, 0.3) is 0 Å². The van der Waals surface area contributed by atoms with E-state index in [0.29, 0.717) is 19.5 Å². The number of nitrogens with zero attached hydrogens (tertiary/aromatic N) is 3. The first-order valence-corrected chi connectivity index (χ1v) is 10.1. The van der Waals surface area contributed by atoms with Crippen LogP contribution in [0.5, 0.6) is 0 Å². The lowest BCUT2D eigenvalue weighted by Crippen LogP contribution is -2.44. The van der Waals surface area contributed by atoms with Crippen molar-refractivity contribution in [3.63, 3.8) is 0 Å². The van der Waals surface area contributed by atoms with E-state index in [1.54, 1.807) is 0 Å². The van der Waals surface area contributed by atoms with Gasteiger partial charge in [-0.05, 0) is 47.0 Å². The number of alkyl carbamates (subject to hydrolysis) is 1. The Morgan fingerprint density at radius 1 is 1.15 bits per heavy atom. The molecule has 2 amide bonds. The third-order valence-corrected chi connectivity index (χ3v) is 4.59. The van der Waals surface area contributed by atoms with E-state index in [2.05, 4.69) is 20.5 Å². The largest absolute Gasteiger partial charge is 0.444 e. The third kappa shape index (κ3) is 7.27. The Balaban J connectivity index is 1.81. The van der Waals surface area contributed by atoms with Crippen molar-refractivity contribution < 1.29 is 14.3 Å². The second kappa shape index (κ2) is 9.80. The number of nitrogens with one attached hydrogen (secondary N) is 2. The van der Waals surface area contributed by atoms with E-state index in [0.717, 1.165) is 51.4 Å². The number of hydrogen-bond donors (Lipinski definition) is 2. The van der Waals surface area contributed by atoms with Crippen molar-refractivity contribution in [3.8, 4) is 0 Å². The molecular weight excluding hydrogens is 346 g/mol. The lowest BCUT2D eigenvalue weighted by atomic mass is 10.2. The molecule has 0 aliphatic carbocycles. The van der Waals surface area contributed by atoms with Crippen LogP contribution in [0.1, 0.15) is 53.4 Å². The Morgan fingerprint density at radius 2 is 1.85 bits per heavy atom. The van der Waals surface area contributed by atoms with Crippen LogP contribution in [0.2, 0.25) is 0 Å². The highest BCUT2D eigenvalue weighted by Gasteiger charge is 2.28. The number of rotatable bonds is 5. The van der Waals surface area contributed by atoms with Gasteiger partial charge in [-0.3, -0.25) is 9.79 Å². The molecule has 2 saturated heterocycles. The number of hydrogen-bond acceptors (Lipinski definition) is 4. The minimum atomic E-state index is -0.499. The number of carbonyl (C=O) groups is 2. The number of carbonyl (C=O) groups excluding carboxylic acids is 2. The van der Waals surface area contributed by atoms with Crippen LogP contribution in [-0.2, 0) is 9.53 Å². The molecular formula is C19H35N5O3. The van der Waals surface area contributed by atoms with E-state index in [1.165, 1.54) is 0 Å². The second-order valence-corrected chi connectivity index (χ2v) is 8.15. The lowest BCUT2D eigenvalue weighted by Gasteiger charge is -2.23. The fraction of sp³-hybridized carbons (Fsp3) is 0.842. The maximum atomic E-state index is 12.2. The summed E-state index contributed by atoms with van der Waals surface area (Å²) >= 11 is 0. The zero-order valence-electron chi connectivity index (χ0n) is 17.2. The number of ether oxygens (including phenoxy) is 1. The van der Waals surface area contributed by atoms with Crippen molar-refractivity contribution in [3.05, 3.63) is 0 Å². The summed E-state index contributed by atoms with van der Waals surface area (Å²) in [5, 5.41) is 6.21. The van der Waals surface area contributed by atoms with Gasteiger partial charge in [0.15, 0.2) is 5.96 Å². The molecule has 1 unspecified atom stereocenters. The highest BCUT2D eigenvalue weighted by Crippen LogP contribution is 2.13. The molecule has 2 N–H and O–H groups in total. The summed E-state index contributed by atoms with van der Waals surface area (Å²) < 4.78 is 5.33. The predicted octanol–water partition coefficient (Wildman–Crippen LogP) is 1.56. The summed E-state index contributed by atoms with van der Waals surface area (Å²) in [6.07, 6.45) is 3.13. The van der Waals surface area contributed by atoms with Crippen LogP contribution in [0.4, 0.5) is 4.79 Å². The van der Waals surface area contributed by atoms with Crippen LogP contribution in [0, 0.1) is 0 Å². The SMILES string of the molecule is CCNC(=NCCC(=O)N1CCCC1)N1CCC(NC(=O)OC(C)(C)C)C1. The molecule has 0 saturated carbocycles. The maximum absolute atomic E-state index is 12.2. The zero-order valence-corrected chi connectivity index (χ0v) is 17.2. The molecule has 2 rings (SSSR count). The first-order chi connectivity index (χ1) is 12.8. The summed E-state index contributed by atoms with van der Waals surface area (Å²) in [5.41, 5.74) is -0.499. The molecule has 8 nitrogen and oxygen atoms in total. The summed E-state index contributed by atoms with van der Waals surface area (Å²) in [7, 11) is 0. The van der Waals surface area contributed by atoms with E-state index in [4.69, 9.17) is 4.74 Å². The average molecular weight is 382 g/mol. The molecule has 0 aromatic carbocycles. The van der Waals surface area contributed by atoms with Gasteiger partial charge in [-0.25, -0.2) is 4.79 Å². The second-order valence-electron chi connectivity index (χ2n) is 8.15. The Morgan fingerprint density at radius 3 is 2.48 bits per heavy atom. The van der Waals surface area contributed by atoms with Gasteiger partial charge in [-0.15, -0.1) is 0 Å². The van der Waals surface area contributed by atoms with Crippen LogP contribution < -0.4 is 10.6 Å². The van der Waals surface area contributed by atoms with Crippen molar-refractivity contribution in [2.45, 2.75) is 65.0 Å². The normalized spacial score (nSPS) is 20.7. The molecule has 8 heteroatoms. The maximum Gasteiger partial charge on any atom is 0.407 e. The molecule has 0 aromatic heterocycles. The molecule has 0 bridgehead atoms. The Kier molecular flexibility index (Phi) is 7.74. The van der Waals surface area contributed by atoms with Crippen LogP contribution in [-0.4, -0.2) is 78.7 Å². The summed E-state index contributed by atoms with van der Waals surface area (Å²) in [4.78, 5) is 32.8. The zero-order chi connectivity index (χ0) is 19.9. The molecule has 0 spiro atoms. The van der Waals surface area contributed by atoms with Crippen molar-refractivity contribution in [1.82, 2.24) is 20.4 Å². The van der Waals surface area contributed by atoms with Crippen molar-refractivity contribution >= 4 is 18.0 Å². The highest BCUT2D eigenvalue weighted by atomic mass is 16.6. The van der Waals surface area contributed by atoms with Gasteiger partial charge in [0.05, 0.1) is 12.6 Å². The predicted molar refractivity (Wildman–Crippen MR) is 106 cm³/mol. The monoisotopic (exact) mass is 381 g/mol. The van der Waals surface area contributed by atoms with Crippen molar-refractivity contribution in [2.75, 3.05) is 39.3 Å². The average Bonchev–Trinajstić information content (AvgIpc) is 3.23. The summed E-state index contributed by atoms with van der Waals surface area (Å²) in [6.45, 7) is 12.1. The highest BCUT2D eigenvalue weighted by molar-refractivity contribution is 5.81. The van der Waals surface area contributed by atoms with Crippen molar-refractivity contribution in [1.29, 1.82) is 0 Å². The van der Waals surface area contributed by atoms with Crippen LogP contribution >= 0.6 is 0 Å². The fourth-order valence-corrected chi connectivity index (χ4v) is 3.35.